The summed E-state index contributed by atoms with van der Waals surface area (Å²) in [5, 5.41) is 18.2. The summed E-state index contributed by atoms with van der Waals surface area (Å²) in [6, 6.07) is -0.190. The molecule has 6 heteroatoms. The van der Waals surface area contributed by atoms with Crippen LogP contribution in [-0.4, -0.2) is 64.3 Å². The van der Waals surface area contributed by atoms with E-state index in [0.717, 1.165) is 0 Å². The molecule has 0 aliphatic heterocycles. The van der Waals surface area contributed by atoms with Crippen molar-refractivity contribution in [2.24, 2.45) is 0 Å². The molecule has 0 aliphatic carbocycles. The van der Waals surface area contributed by atoms with E-state index in [0.29, 0.717) is 19.5 Å². The molecule has 0 radical (unpaired) electrons. The first-order chi connectivity index (χ1) is 8.17. The van der Waals surface area contributed by atoms with Gasteiger partial charge in [-0.15, -0.1) is 0 Å². The van der Waals surface area contributed by atoms with Crippen LogP contribution in [0.3, 0.4) is 0 Å². The van der Waals surface area contributed by atoms with Gasteiger partial charge in [0.1, 0.15) is 0 Å². The van der Waals surface area contributed by atoms with Crippen LogP contribution in [0.25, 0.3) is 0 Å². The van der Waals surface area contributed by atoms with E-state index in [1.165, 1.54) is 4.90 Å². The highest BCUT2D eigenvalue weighted by Crippen LogP contribution is 2.07. The smallest absolute Gasteiger partial charge is 0.319 e. The number of likely N-dealkylation sites (N-methyl/N-ethyl adjacent to an activating group) is 1. The van der Waals surface area contributed by atoms with Crippen LogP contribution < -0.4 is 0 Å². The minimum Gasteiger partial charge on any atom is -0.481 e. The SMILES string of the molecule is CCN(CC(C)(C)O)C(=O)N(C)CCCC(=O)O. The minimum absolute atomic E-state index is 0.0508. The fraction of sp³-hybridized carbons (Fsp3) is 0.833. The summed E-state index contributed by atoms with van der Waals surface area (Å²) in [5.74, 6) is -0.861. The van der Waals surface area contributed by atoms with Gasteiger partial charge in [-0.05, 0) is 27.2 Å². The molecule has 0 rings (SSSR count). The summed E-state index contributed by atoms with van der Waals surface area (Å²) in [6.07, 6.45) is 0.479. The second kappa shape index (κ2) is 7.20. The summed E-state index contributed by atoms with van der Waals surface area (Å²) < 4.78 is 0. The van der Waals surface area contributed by atoms with Crippen molar-refractivity contribution in [3.8, 4) is 0 Å². The highest BCUT2D eigenvalue weighted by molar-refractivity contribution is 5.74. The summed E-state index contributed by atoms with van der Waals surface area (Å²) >= 11 is 0. The molecule has 0 aromatic rings. The number of hydrogen-bond donors (Lipinski definition) is 2. The maximum atomic E-state index is 12.0. The van der Waals surface area contributed by atoms with Crippen LogP contribution in [-0.2, 0) is 4.79 Å². The predicted octanol–water partition coefficient (Wildman–Crippen LogP) is 0.996. The molecule has 6 nitrogen and oxygen atoms in total. The molecule has 106 valence electrons. The molecule has 18 heavy (non-hydrogen) atoms. The quantitative estimate of drug-likeness (QED) is 0.715. The van der Waals surface area contributed by atoms with Gasteiger partial charge in [0, 0.05) is 26.6 Å². The lowest BCUT2D eigenvalue weighted by Crippen LogP contribution is -2.47. The summed E-state index contributed by atoms with van der Waals surface area (Å²) in [7, 11) is 1.64. The van der Waals surface area contributed by atoms with Crippen molar-refractivity contribution in [1.82, 2.24) is 9.80 Å². The first kappa shape index (κ1) is 16.7. The molecule has 0 saturated carbocycles. The molecule has 0 spiro atoms. The van der Waals surface area contributed by atoms with E-state index in [1.807, 2.05) is 6.92 Å². The Morgan fingerprint density at radius 1 is 1.28 bits per heavy atom. The van der Waals surface area contributed by atoms with Gasteiger partial charge in [0.05, 0.1) is 12.1 Å². The fourth-order valence-corrected chi connectivity index (χ4v) is 1.59. The number of carbonyl (C=O) groups is 2. The van der Waals surface area contributed by atoms with Gasteiger partial charge in [0.25, 0.3) is 0 Å². The van der Waals surface area contributed by atoms with E-state index in [-0.39, 0.29) is 19.0 Å². The van der Waals surface area contributed by atoms with Crippen LogP contribution in [0.4, 0.5) is 4.79 Å². The molecule has 0 aromatic heterocycles. The van der Waals surface area contributed by atoms with Gasteiger partial charge in [-0.2, -0.15) is 0 Å². The zero-order valence-electron chi connectivity index (χ0n) is 11.6. The monoisotopic (exact) mass is 260 g/mol. The van der Waals surface area contributed by atoms with Gasteiger partial charge in [-0.25, -0.2) is 4.79 Å². The Morgan fingerprint density at radius 3 is 2.22 bits per heavy atom. The van der Waals surface area contributed by atoms with Crippen LogP contribution >= 0.6 is 0 Å². The molecule has 2 N–H and O–H groups in total. The number of carboxylic acids is 1. The predicted molar refractivity (Wildman–Crippen MR) is 68.4 cm³/mol. The van der Waals surface area contributed by atoms with Crippen molar-refractivity contribution in [2.75, 3.05) is 26.7 Å². The van der Waals surface area contributed by atoms with Gasteiger partial charge < -0.3 is 20.0 Å². The van der Waals surface area contributed by atoms with E-state index < -0.39 is 11.6 Å². The normalized spacial score (nSPS) is 11.2. The number of carbonyl (C=O) groups excluding carboxylic acids is 1. The lowest BCUT2D eigenvalue weighted by atomic mass is 10.1. The molecular formula is C12H24N2O4. The highest BCUT2D eigenvalue weighted by Gasteiger charge is 2.23. The van der Waals surface area contributed by atoms with Crippen LogP contribution in [0.15, 0.2) is 0 Å². The van der Waals surface area contributed by atoms with Crippen LogP contribution in [0, 0.1) is 0 Å². The average Bonchev–Trinajstić information content (AvgIpc) is 2.23. The maximum absolute atomic E-state index is 12.0. The lowest BCUT2D eigenvalue weighted by Gasteiger charge is -2.31. The Hall–Kier alpha value is -1.30. The zero-order valence-corrected chi connectivity index (χ0v) is 11.6. The first-order valence-corrected chi connectivity index (χ1v) is 6.11. The van der Waals surface area contributed by atoms with Gasteiger partial charge in [0.15, 0.2) is 0 Å². The number of carboxylic acid groups (broad SMARTS) is 1. The molecule has 0 saturated heterocycles. The van der Waals surface area contributed by atoms with Crippen molar-refractivity contribution in [1.29, 1.82) is 0 Å². The van der Waals surface area contributed by atoms with E-state index in [9.17, 15) is 14.7 Å². The number of nitrogens with zero attached hydrogens (tertiary/aromatic N) is 2. The van der Waals surface area contributed by atoms with Crippen molar-refractivity contribution < 1.29 is 19.8 Å². The second-order valence-electron chi connectivity index (χ2n) is 5.03. The van der Waals surface area contributed by atoms with Crippen LogP contribution in [0.5, 0.6) is 0 Å². The minimum atomic E-state index is -0.937. The Balaban J connectivity index is 4.27. The van der Waals surface area contributed by atoms with Crippen molar-refractivity contribution in [3.63, 3.8) is 0 Å². The molecule has 0 heterocycles. The number of hydrogen-bond acceptors (Lipinski definition) is 3. The van der Waals surface area contributed by atoms with Crippen molar-refractivity contribution >= 4 is 12.0 Å². The van der Waals surface area contributed by atoms with E-state index >= 15 is 0 Å². The topological polar surface area (TPSA) is 81.1 Å². The third kappa shape index (κ3) is 7.11. The molecular weight excluding hydrogens is 236 g/mol. The van der Waals surface area contributed by atoms with Gasteiger partial charge in [-0.3, -0.25) is 4.79 Å². The van der Waals surface area contributed by atoms with E-state index in [1.54, 1.807) is 25.8 Å². The number of urea groups is 1. The summed E-state index contributed by atoms with van der Waals surface area (Å²) in [4.78, 5) is 25.4. The second-order valence-corrected chi connectivity index (χ2v) is 5.03. The molecule has 0 unspecified atom stereocenters. The first-order valence-electron chi connectivity index (χ1n) is 6.11. The molecule has 2 amide bonds. The Kier molecular flexibility index (Phi) is 6.68. The summed E-state index contributed by atoms with van der Waals surface area (Å²) in [6.45, 7) is 6.29. The number of aliphatic hydroxyl groups is 1. The number of amides is 2. The molecule has 0 fully saturated rings. The van der Waals surface area contributed by atoms with Crippen LogP contribution in [0.2, 0.25) is 0 Å². The van der Waals surface area contributed by atoms with Crippen molar-refractivity contribution in [2.45, 2.75) is 39.2 Å². The molecule has 0 atom stereocenters. The Morgan fingerprint density at radius 2 is 1.83 bits per heavy atom. The zero-order chi connectivity index (χ0) is 14.3. The third-order valence-corrected chi connectivity index (χ3v) is 2.44. The van der Waals surface area contributed by atoms with E-state index in [2.05, 4.69) is 0 Å². The average molecular weight is 260 g/mol. The van der Waals surface area contributed by atoms with Crippen molar-refractivity contribution in [3.05, 3.63) is 0 Å². The standard InChI is InChI=1S/C12H24N2O4/c1-5-14(9-12(2,3)18)11(17)13(4)8-6-7-10(15)16/h18H,5-9H2,1-4H3,(H,15,16). The Bertz CT molecular complexity index is 286. The molecule has 0 aromatic carbocycles. The fourth-order valence-electron chi connectivity index (χ4n) is 1.59. The van der Waals surface area contributed by atoms with Gasteiger partial charge >= 0.3 is 12.0 Å². The van der Waals surface area contributed by atoms with Gasteiger partial charge in [0.2, 0.25) is 0 Å². The largest absolute Gasteiger partial charge is 0.481 e. The maximum Gasteiger partial charge on any atom is 0.319 e. The van der Waals surface area contributed by atoms with Gasteiger partial charge in [-0.1, -0.05) is 0 Å². The third-order valence-electron chi connectivity index (χ3n) is 2.44. The number of aliphatic carboxylic acids is 1. The van der Waals surface area contributed by atoms with Crippen LogP contribution in [0.1, 0.15) is 33.6 Å². The summed E-state index contributed by atoms with van der Waals surface area (Å²) in [5.41, 5.74) is -0.937. The number of rotatable bonds is 7. The highest BCUT2D eigenvalue weighted by atomic mass is 16.4. The Labute approximate surface area is 108 Å². The molecule has 0 aliphatic rings. The van der Waals surface area contributed by atoms with E-state index in [4.69, 9.17) is 5.11 Å². The lowest BCUT2D eigenvalue weighted by molar-refractivity contribution is -0.137. The molecule has 0 bridgehead atoms.